The maximum atomic E-state index is 12.6. The van der Waals surface area contributed by atoms with E-state index in [-0.39, 0.29) is 17.6 Å². The fraction of sp³-hybridized carbons (Fsp3) is 0.421. The van der Waals surface area contributed by atoms with Gasteiger partial charge in [-0.2, -0.15) is 0 Å². The van der Waals surface area contributed by atoms with Crippen molar-refractivity contribution in [3.05, 3.63) is 58.3 Å². The molecule has 2 heterocycles. The number of ether oxygens (including phenoxy) is 2. The van der Waals surface area contributed by atoms with Crippen molar-refractivity contribution in [2.75, 3.05) is 26.8 Å². The summed E-state index contributed by atoms with van der Waals surface area (Å²) in [6, 6.07) is 9.06. The second kappa shape index (κ2) is 8.62. The second-order valence-corrected chi connectivity index (χ2v) is 6.30. The van der Waals surface area contributed by atoms with Gasteiger partial charge in [0.25, 0.3) is 5.56 Å². The molecule has 1 saturated heterocycles. The van der Waals surface area contributed by atoms with Crippen LogP contribution in [0.15, 0.2) is 41.5 Å². The number of nitrogens with one attached hydrogen (secondary N) is 1. The Labute approximate surface area is 152 Å². The first-order valence-corrected chi connectivity index (χ1v) is 8.70. The highest BCUT2D eigenvalue weighted by Gasteiger charge is 2.24. The maximum Gasteiger partial charge on any atom is 0.250 e. The number of hydrogen-bond donors (Lipinski definition) is 1. The van der Waals surface area contributed by atoms with Crippen LogP contribution in [0, 0.1) is 0 Å². The van der Waals surface area contributed by atoms with Crippen molar-refractivity contribution in [2.45, 2.75) is 25.4 Å². The van der Waals surface area contributed by atoms with Gasteiger partial charge in [-0.1, -0.05) is 12.1 Å². The van der Waals surface area contributed by atoms with Crippen LogP contribution >= 0.6 is 0 Å². The monoisotopic (exact) mass is 357 g/mol. The first kappa shape index (κ1) is 18.1. The normalized spacial score (nSPS) is 17.1. The Morgan fingerprint density at radius 1 is 1.42 bits per heavy atom. The third-order valence-corrected chi connectivity index (χ3v) is 4.44. The molecule has 26 heavy (non-hydrogen) atoms. The zero-order valence-electron chi connectivity index (χ0n) is 14.8. The molecule has 0 aliphatic carbocycles. The topological polar surface area (TPSA) is 84.5 Å². The van der Waals surface area contributed by atoms with E-state index in [4.69, 9.17) is 9.47 Å². The highest BCUT2D eigenvalue weighted by molar-refractivity contribution is 5.79. The van der Waals surface area contributed by atoms with E-state index in [0.29, 0.717) is 32.5 Å². The third-order valence-electron chi connectivity index (χ3n) is 4.44. The Morgan fingerprint density at radius 2 is 2.31 bits per heavy atom. The lowest BCUT2D eigenvalue weighted by Crippen LogP contribution is -2.46. The molecule has 138 valence electrons. The summed E-state index contributed by atoms with van der Waals surface area (Å²) in [6.45, 7) is 1.69. The van der Waals surface area contributed by atoms with Crippen LogP contribution in [0.3, 0.4) is 0 Å². The lowest BCUT2D eigenvalue weighted by atomic mass is 10.1. The molecule has 1 N–H and O–H groups in total. The first-order chi connectivity index (χ1) is 12.6. The number of morpholine rings is 1. The molecule has 0 bridgehead atoms. The number of nitrogens with zero attached hydrogens (tertiary/aromatic N) is 2. The minimum Gasteiger partial charge on any atom is -0.497 e. The van der Waals surface area contributed by atoms with Gasteiger partial charge in [-0.05, 0) is 30.5 Å². The number of benzene rings is 1. The van der Waals surface area contributed by atoms with Crippen LogP contribution in [0.5, 0.6) is 5.75 Å². The fourth-order valence-electron chi connectivity index (χ4n) is 3.04. The lowest BCUT2D eigenvalue weighted by molar-refractivity contribution is -0.138. The van der Waals surface area contributed by atoms with Crippen molar-refractivity contribution in [3.63, 3.8) is 0 Å². The van der Waals surface area contributed by atoms with Gasteiger partial charge < -0.3 is 19.4 Å². The lowest BCUT2D eigenvalue weighted by Gasteiger charge is -2.33. The van der Waals surface area contributed by atoms with Gasteiger partial charge in [-0.15, -0.1) is 0 Å². The predicted molar refractivity (Wildman–Crippen MR) is 96.2 cm³/mol. The molecule has 3 rings (SSSR count). The smallest absolute Gasteiger partial charge is 0.250 e. The van der Waals surface area contributed by atoms with E-state index in [9.17, 15) is 9.59 Å². The number of aromatic amines is 1. The maximum absolute atomic E-state index is 12.6. The van der Waals surface area contributed by atoms with Crippen LogP contribution in [-0.4, -0.2) is 53.7 Å². The number of carbonyl (C=O) groups is 1. The number of amides is 1. The second-order valence-electron chi connectivity index (χ2n) is 6.30. The zero-order valence-corrected chi connectivity index (χ0v) is 14.8. The van der Waals surface area contributed by atoms with Gasteiger partial charge in [-0.25, -0.2) is 4.98 Å². The Balaban J connectivity index is 1.53. The van der Waals surface area contributed by atoms with Crippen molar-refractivity contribution in [1.82, 2.24) is 14.9 Å². The molecule has 1 aliphatic rings. The number of aromatic nitrogens is 2. The number of rotatable bonds is 6. The number of aryl methyl sites for hydroxylation is 1. The fourth-order valence-corrected chi connectivity index (χ4v) is 3.04. The molecule has 0 spiro atoms. The predicted octanol–water partition coefficient (Wildman–Crippen LogP) is 1.18. The van der Waals surface area contributed by atoms with Gasteiger partial charge in [0.2, 0.25) is 5.91 Å². The van der Waals surface area contributed by atoms with Gasteiger partial charge in [0, 0.05) is 24.8 Å². The highest BCUT2D eigenvalue weighted by Crippen LogP contribution is 2.16. The summed E-state index contributed by atoms with van der Waals surface area (Å²) in [7, 11) is 1.61. The summed E-state index contributed by atoms with van der Waals surface area (Å²) in [5, 5.41) is 0. The zero-order chi connectivity index (χ0) is 18.4. The molecule has 1 aliphatic heterocycles. The summed E-state index contributed by atoms with van der Waals surface area (Å²) in [5.41, 5.74) is 1.51. The van der Waals surface area contributed by atoms with Crippen LogP contribution in [0.4, 0.5) is 0 Å². The molecule has 2 aromatic rings. The van der Waals surface area contributed by atoms with Gasteiger partial charge in [-0.3, -0.25) is 9.59 Å². The summed E-state index contributed by atoms with van der Waals surface area (Å²) in [6.07, 6.45) is 3.08. The quantitative estimate of drug-likeness (QED) is 0.839. The summed E-state index contributed by atoms with van der Waals surface area (Å²) >= 11 is 0. The van der Waals surface area contributed by atoms with Gasteiger partial charge >= 0.3 is 0 Å². The molecule has 7 heteroatoms. The molecule has 1 fully saturated rings. The molecule has 0 saturated carbocycles. The molecule has 1 amide bonds. The average molecular weight is 357 g/mol. The number of methoxy groups -OCH3 is 1. The van der Waals surface area contributed by atoms with Crippen molar-refractivity contribution in [3.8, 4) is 5.75 Å². The Morgan fingerprint density at radius 3 is 3.12 bits per heavy atom. The Kier molecular flexibility index (Phi) is 6.01. The van der Waals surface area contributed by atoms with E-state index >= 15 is 0 Å². The first-order valence-electron chi connectivity index (χ1n) is 8.70. The molecule has 1 aromatic carbocycles. The average Bonchev–Trinajstić information content (AvgIpc) is 2.67. The van der Waals surface area contributed by atoms with E-state index in [1.54, 1.807) is 7.11 Å². The van der Waals surface area contributed by atoms with E-state index in [1.807, 2.05) is 29.2 Å². The number of H-pyrrole nitrogens is 1. The van der Waals surface area contributed by atoms with E-state index in [1.165, 1.54) is 12.4 Å². The van der Waals surface area contributed by atoms with Crippen LogP contribution in [0.2, 0.25) is 0 Å². The Hall–Kier alpha value is -2.67. The summed E-state index contributed by atoms with van der Waals surface area (Å²) in [5.74, 6) is 0.835. The van der Waals surface area contributed by atoms with Crippen LogP contribution < -0.4 is 10.3 Å². The van der Waals surface area contributed by atoms with Crippen molar-refractivity contribution >= 4 is 5.91 Å². The summed E-state index contributed by atoms with van der Waals surface area (Å²) < 4.78 is 11.0. The SMILES string of the molecule is COc1cccc(CC(=O)N2CCO[C@H](CCc3cc(=O)[nH]cn3)C2)c1. The standard InChI is InChI=1S/C19H23N3O4/c1-25-16-4-2-3-14(9-16)10-19(24)22-7-8-26-17(12-22)6-5-15-11-18(23)21-13-20-15/h2-4,9,11,13,17H,5-8,10,12H2,1H3,(H,20,21,23)/t17-/m1/s1. The summed E-state index contributed by atoms with van der Waals surface area (Å²) in [4.78, 5) is 32.4. The van der Waals surface area contributed by atoms with E-state index in [0.717, 1.165) is 23.4 Å². The molecule has 7 nitrogen and oxygen atoms in total. The number of hydrogen-bond acceptors (Lipinski definition) is 5. The van der Waals surface area contributed by atoms with Gasteiger partial charge in [0.1, 0.15) is 5.75 Å². The van der Waals surface area contributed by atoms with Gasteiger partial charge in [0.05, 0.1) is 32.6 Å². The molecule has 1 atom stereocenters. The minimum absolute atomic E-state index is 0.0425. The third kappa shape index (κ3) is 4.92. The van der Waals surface area contributed by atoms with Gasteiger partial charge in [0.15, 0.2) is 0 Å². The number of carbonyl (C=O) groups excluding carboxylic acids is 1. The molecule has 0 radical (unpaired) electrons. The molecular weight excluding hydrogens is 334 g/mol. The highest BCUT2D eigenvalue weighted by atomic mass is 16.5. The molecular formula is C19H23N3O4. The molecule has 1 aromatic heterocycles. The minimum atomic E-state index is -0.158. The van der Waals surface area contributed by atoms with Crippen LogP contribution in [0.25, 0.3) is 0 Å². The van der Waals surface area contributed by atoms with E-state index < -0.39 is 0 Å². The van der Waals surface area contributed by atoms with Crippen molar-refractivity contribution in [2.24, 2.45) is 0 Å². The Bertz CT molecular complexity index is 805. The van der Waals surface area contributed by atoms with Crippen LogP contribution in [0.1, 0.15) is 17.7 Å². The van der Waals surface area contributed by atoms with Crippen LogP contribution in [-0.2, 0) is 22.4 Å². The van der Waals surface area contributed by atoms with Crippen molar-refractivity contribution < 1.29 is 14.3 Å². The largest absolute Gasteiger partial charge is 0.497 e. The molecule has 0 unspecified atom stereocenters. The van der Waals surface area contributed by atoms with Crippen molar-refractivity contribution in [1.29, 1.82) is 0 Å². The van der Waals surface area contributed by atoms with E-state index in [2.05, 4.69) is 9.97 Å².